The molecular weight excluding hydrogens is 478 g/mol. The van der Waals surface area contributed by atoms with Crippen molar-refractivity contribution in [2.45, 2.75) is 12.5 Å². The van der Waals surface area contributed by atoms with Crippen LogP contribution in [-0.4, -0.2) is 56.9 Å². The summed E-state index contributed by atoms with van der Waals surface area (Å²) in [5.74, 6) is -0.229. The quantitative estimate of drug-likeness (QED) is 0.409. The van der Waals surface area contributed by atoms with E-state index in [2.05, 4.69) is 41.2 Å². The number of pyridine rings is 1. The van der Waals surface area contributed by atoms with Crippen molar-refractivity contribution < 1.29 is 9.21 Å². The molecule has 5 aromatic heterocycles. The van der Waals surface area contributed by atoms with Gasteiger partial charge in [-0.3, -0.25) is 9.48 Å². The molecule has 0 radical (unpaired) electrons. The monoisotopic (exact) mass is 493 g/mol. The molecule has 0 spiro atoms. The van der Waals surface area contributed by atoms with Crippen LogP contribution in [0.3, 0.4) is 0 Å². The molecule has 0 aliphatic carbocycles. The number of imidazole rings is 1. The van der Waals surface area contributed by atoms with Gasteiger partial charge in [0.1, 0.15) is 11.7 Å². The number of aryl methyl sites for hydroxylation is 1. The lowest BCUT2D eigenvalue weighted by Gasteiger charge is -2.33. The second-order valence-electron chi connectivity index (χ2n) is 7.46. The van der Waals surface area contributed by atoms with E-state index in [0.717, 1.165) is 21.4 Å². The number of amides is 1. The van der Waals surface area contributed by atoms with Gasteiger partial charge in [-0.1, -0.05) is 6.07 Å². The van der Waals surface area contributed by atoms with Gasteiger partial charge in [-0.15, -0.1) is 10.2 Å². The van der Waals surface area contributed by atoms with Crippen molar-refractivity contribution in [3.8, 4) is 11.5 Å². The van der Waals surface area contributed by atoms with E-state index in [1.165, 1.54) is 0 Å². The van der Waals surface area contributed by atoms with E-state index in [-0.39, 0.29) is 17.7 Å². The SMILES string of the molecule is Cn1cc(-c2nnc(C(=O)N3CCc4[nH]cnc4C3c3nn4ccccc4c3Br)o2)cn1. The molecule has 160 valence electrons. The Morgan fingerprint density at radius 2 is 2.19 bits per heavy atom. The van der Waals surface area contributed by atoms with Gasteiger partial charge in [0.2, 0.25) is 0 Å². The van der Waals surface area contributed by atoms with Crippen molar-refractivity contribution in [2.24, 2.45) is 7.05 Å². The third-order valence-electron chi connectivity index (χ3n) is 5.51. The van der Waals surface area contributed by atoms with Crippen LogP contribution in [0, 0.1) is 0 Å². The number of rotatable bonds is 3. The van der Waals surface area contributed by atoms with Gasteiger partial charge in [-0.2, -0.15) is 10.2 Å². The number of aromatic amines is 1. The number of hydrogen-bond acceptors (Lipinski definition) is 7. The molecule has 0 saturated heterocycles. The minimum atomic E-state index is -0.513. The van der Waals surface area contributed by atoms with Crippen molar-refractivity contribution in [2.75, 3.05) is 6.54 Å². The zero-order chi connectivity index (χ0) is 21.8. The van der Waals surface area contributed by atoms with Crippen LogP contribution in [0.1, 0.15) is 33.8 Å². The minimum Gasteiger partial charge on any atom is -0.412 e. The molecule has 5 aromatic rings. The van der Waals surface area contributed by atoms with Crippen molar-refractivity contribution in [1.82, 2.24) is 44.5 Å². The third-order valence-corrected chi connectivity index (χ3v) is 6.32. The van der Waals surface area contributed by atoms with E-state index in [0.29, 0.717) is 24.2 Å². The van der Waals surface area contributed by atoms with Crippen LogP contribution in [0.25, 0.3) is 17.0 Å². The number of aromatic nitrogens is 8. The second kappa shape index (κ2) is 7.12. The number of H-pyrrole nitrogens is 1. The maximum Gasteiger partial charge on any atom is 0.312 e. The fraction of sp³-hybridized carbons (Fsp3) is 0.200. The average Bonchev–Trinajstić information content (AvgIpc) is 3.59. The topological polar surface area (TPSA) is 123 Å². The van der Waals surface area contributed by atoms with Gasteiger partial charge in [0.05, 0.1) is 33.8 Å². The average molecular weight is 494 g/mol. The Bertz CT molecular complexity index is 1460. The standard InChI is InChI=1S/C20H16BrN9O2/c1-28-9-11(8-24-28)18-25-26-19(32-18)20(31)29-7-5-12-15(23-10-22-12)17(29)16-14(21)13-4-2-3-6-30(13)27-16/h2-4,6,8-10,17H,5,7H2,1H3,(H,22,23). The highest BCUT2D eigenvalue weighted by atomic mass is 79.9. The molecular formula is C20H16BrN9O2. The van der Waals surface area contributed by atoms with Crippen molar-refractivity contribution >= 4 is 27.4 Å². The van der Waals surface area contributed by atoms with Crippen LogP contribution in [0.2, 0.25) is 0 Å². The molecule has 6 rings (SSSR count). The van der Waals surface area contributed by atoms with E-state index in [1.807, 2.05) is 24.4 Å². The maximum atomic E-state index is 13.5. The zero-order valence-corrected chi connectivity index (χ0v) is 18.4. The Morgan fingerprint density at radius 1 is 1.28 bits per heavy atom. The number of fused-ring (bicyclic) bond motifs is 2. The van der Waals surface area contributed by atoms with Crippen LogP contribution in [-0.2, 0) is 13.5 Å². The number of carbonyl (C=O) groups is 1. The highest BCUT2D eigenvalue weighted by molar-refractivity contribution is 9.10. The number of halogens is 1. The molecule has 0 aromatic carbocycles. The Labute approximate surface area is 189 Å². The fourth-order valence-electron chi connectivity index (χ4n) is 4.01. The smallest absolute Gasteiger partial charge is 0.312 e. The highest BCUT2D eigenvalue weighted by Gasteiger charge is 2.39. The first-order chi connectivity index (χ1) is 15.6. The van der Waals surface area contributed by atoms with Gasteiger partial charge >= 0.3 is 11.8 Å². The van der Waals surface area contributed by atoms with Crippen LogP contribution < -0.4 is 0 Å². The van der Waals surface area contributed by atoms with Gasteiger partial charge in [-0.25, -0.2) is 9.50 Å². The maximum absolute atomic E-state index is 13.5. The second-order valence-corrected chi connectivity index (χ2v) is 8.26. The Kier molecular flexibility index (Phi) is 4.21. The summed E-state index contributed by atoms with van der Waals surface area (Å²) in [6.07, 6.45) is 7.49. The first kappa shape index (κ1) is 18.9. The van der Waals surface area contributed by atoms with E-state index in [1.54, 1.807) is 39.9 Å². The lowest BCUT2D eigenvalue weighted by molar-refractivity contribution is 0.0646. The molecule has 12 heteroatoms. The van der Waals surface area contributed by atoms with E-state index in [9.17, 15) is 4.79 Å². The predicted octanol–water partition coefficient (Wildman–Crippen LogP) is 2.39. The summed E-state index contributed by atoms with van der Waals surface area (Å²) in [7, 11) is 1.79. The number of nitrogens with zero attached hydrogens (tertiary/aromatic N) is 8. The van der Waals surface area contributed by atoms with Gasteiger partial charge in [0, 0.05) is 38.1 Å². The molecule has 1 atom stereocenters. The summed E-state index contributed by atoms with van der Waals surface area (Å²) in [6.45, 7) is 0.448. The molecule has 1 N–H and O–H groups in total. The molecule has 0 bridgehead atoms. The third kappa shape index (κ3) is 2.87. The van der Waals surface area contributed by atoms with Crippen molar-refractivity contribution in [1.29, 1.82) is 0 Å². The van der Waals surface area contributed by atoms with Crippen LogP contribution in [0.15, 0.2) is 52.0 Å². The highest BCUT2D eigenvalue weighted by Crippen LogP contribution is 2.38. The summed E-state index contributed by atoms with van der Waals surface area (Å²) in [6, 6.07) is 5.28. The molecule has 1 amide bonds. The van der Waals surface area contributed by atoms with Gasteiger partial charge in [-0.05, 0) is 28.1 Å². The molecule has 0 fully saturated rings. The Balaban J connectivity index is 1.43. The Morgan fingerprint density at radius 3 is 3.00 bits per heavy atom. The summed E-state index contributed by atoms with van der Waals surface area (Å²) < 4.78 is 9.91. The predicted molar refractivity (Wildman–Crippen MR) is 115 cm³/mol. The summed E-state index contributed by atoms with van der Waals surface area (Å²) in [5.41, 5.74) is 3.95. The summed E-state index contributed by atoms with van der Waals surface area (Å²) in [4.78, 5) is 22.9. The molecule has 1 unspecified atom stereocenters. The number of hydrogen-bond donors (Lipinski definition) is 1. The summed E-state index contributed by atoms with van der Waals surface area (Å²) >= 11 is 3.68. The zero-order valence-electron chi connectivity index (χ0n) is 16.8. The van der Waals surface area contributed by atoms with Crippen LogP contribution in [0.4, 0.5) is 0 Å². The molecule has 11 nitrogen and oxygen atoms in total. The number of carbonyl (C=O) groups excluding carboxylic acids is 1. The molecule has 32 heavy (non-hydrogen) atoms. The first-order valence-electron chi connectivity index (χ1n) is 9.88. The van der Waals surface area contributed by atoms with Crippen molar-refractivity contribution in [3.63, 3.8) is 0 Å². The molecule has 0 saturated carbocycles. The van der Waals surface area contributed by atoms with Crippen molar-refractivity contribution in [3.05, 3.63) is 70.6 Å². The minimum absolute atomic E-state index is 0.0901. The normalized spacial score (nSPS) is 15.9. The van der Waals surface area contributed by atoms with E-state index in [4.69, 9.17) is 9.52 Å². The molecule has 1 aliphatic heterocycles. The lowest BCUT2D eigenvalue weighted by Crippen LogP contribution is -2.41. The van der Waals surface area contributed by atoms with Crippen LogP contribution in [0.5, 0.6) is 0 Å². The van der Waals surface area contributed by atoms with Gasteiger partial charge in [0.15, 0.2) is 0 Å². The van der Waals surface area contributed by atoms with Gasteiger partial charge in [0.25, 0.3) is 5.89 Å². The largest absolute Gasteiger partial charge is 0.412 e. The van der Waals surface area contributed by atoms with Crippen LogP contribution >= 0.6 is 15.9 Å². The Hall–Kier alpha value is -3.80. The molecule has 1 aliphatic rings. The number of nitrogens with one attached hydrogen (secondary N) is 1. The summed E-state index contributed by atoms with van der Waals surface area (Å²) in [5, 5.41) is 16.9. The van der Waals surface area contributed by atoms with Gasteiger partial charge < -0.3 is 14.3 Å². The van der Waals surface area contributed by atoms with E-state index < -0.39 is 6.04 Å². The molecule has 6 heterocycles. The van der Waals surface area contributed by atoms with E-state index >= 15 is 0 Å². The lowest BCUT2D eigenvalue weighted by atomic mass is 9.99. The fourth-order valence-corrected chi connectivity index (χ4v) is 4.62. The first-order valence-corrected chi connectivity index (χ1v) is 10.7.